The van der Waals surface area contributed by atoms with E-state index in [0.717, 1.165) is 0 Å². The number of nitrogens with zero attached hydrogens (tertiary/aromatic N) is 1. The summed E-state index contributed by atoms with van der Waals surface area (Å²) >= 11 is 1.17. The standard InChI is InChI=1S/C16H14N4O2S/c1-23-14-10(8-17)15(19)20-16(22)13(14)11(18)7-12(21)9-5-3-2-4-6-9/h2-7H,18H2,1H3,(H3,19,20,22). The molecule has 0 amide bonds. The van der Waals surface area contributed by atoms with Crippen LogP contribution in [-0.2, 0) is 0 Å². The van der Waals surface area contributed by atoms with E-state index in [1.807, 2.05) is 6.07 Å². The van der Waals surface area contributed by atoms with Crippen LogP contribution in [0.2, 0.25) is 0 Å². The SMILES string of the molecule is CSc1c(C#N)c(N)[nH]c(=O)c1C(N)=CC(=O)c1ccccc1. The van der Waals surface area contributed by atoms with Gasteiger partial charge in [0.25, 0.3) is 5.56 Å². The van der Waals surface area contributed by atoms with Crippen LogP contribution < -0.4 is 17.0 Å². The van der Waals surface area contributed by atoms with Crippen molar-refractivity contribution >= 4 is 29.1 Å². The molecule has 116 valence electrons. The second kappa shape index (κ2) is 6.85. The summed E-state index contributed by atoms with van der Waals surface area (Å²) in [5.74, 6) is -0.349. The van der Waals surface area contributed by atoms with E-state index in [9.17, 15) is 14.9 Å². The Hall–Kier alpha value is -2.98. The molecule has 5 N–H and O–H groups in total. The molecule has 1 heterocycles. The minimum absolute atomic E-state index is 0.0130. The number of carbonyl (C=O) groups is 1. The molecule has 0 spiro atoms. The van der Waals surface area contributed by atoms with E-state index >= 15 is 0 Å². The lowest BCUT2D eigenvalue weighted by molar-refractivity contribution is 0.104. The average molecular weight is 326 g/mol. The Bertz CT molecular complexity index is 879. The van der Waals surface area contributed by atoms with Crippen molar-refractivity contribution in [1.82, 2.24) is 4.98 Å². The Labute approximate surface area is 136 Å². The largest absolute Gasteiger partial charge is 0.398 e. The molecule has 2 rings (SSSR count). The highest BCUT2D eigenvalue weighted by molar-refractivity contribution is 7.98. The van der Waals surface area contributed by atoms with Crippen LogP contribution >= 0.6 is 11.8 Å². The van der Waals surface area contributed by atoms with Crippen molar-refractivity contribution in [3.05, 3.63) is 63.5 Å². The van der Waals surface area contributed by atoms with Gasteiger partial charge in [-0.2, -0.15) is 5.26 Å². The first kappa shape index (κ1) is 16.4. The molecule has 23 heavy (non-hydrogen) atoms. The number of allylic oxidation sites excluding steroid dienone is 1. The highest BCUT2D eigenvalue weighted by atomic mass is 32.2. The molecular formula is C16H14N4O2S. The van der Waals surface area contributed by atoms with Crippen LogP contribution in [0.4, 0.5) is 5.82 Å². The maximum Gasteiger partial charge on any atom is 0.260 e. The minimum Gasteiger partial charge on any atom is -0.398 e. The monoisotopic (exact) mass is 326 g/mol. The summed E-state index contributed by atoms with van der Waals surface area (Å²) in [4.78, 5) is 27.1. The second-order valence-electron chi connectivity index (χ2n) is 4.59. The number of nitrogens with one attached hydrogen (secondary N) is 1. The lowest BCUT2D eigenvalue weighted by atomic mass is 10.1. The Kier molecular flexibility index (Phi) is 4.88. The number of pyridine rings is 1. The molecule has 7 heteroatoms. The Morgan fingerprint density at radius 3 is 2.57 bits per heavy atom. The smallest absolute Gasteiger partial charge is 0.260 e. The fraction of sp³-hybridized carbons (Fsp3) is 0.0625. The number of nitrogens with two attached hydrogens (primary N) is 2. The predicted octanol–water partition coefficient (Wildman–Crippen LogP) is 1.73. The molecule has 0 radical (unpaired) electrons. The molecule has 0 aliphatic rings. The maximum atomic E-state index is 12.2. The number of hydrogen-bond donors (Lipinski definition) is 3. The van der Waals surface area contributed by atoms with Crippen LogP contribution in [0.3, 0.4) is 0 Å². The number of nitrogen functional groups attached to an aromatic ring is 1. The molecule has 1 aromatic heterocycles. The van der Waals surface area contributed by atoms with Crippen LogP contribution in [0.15, 0.2) is 46.1 Å². The van der Waals surface area contributed by atoms with E-state index in [-0.39, 0.29) is 28.4 Å². The summed E-state index contributed by atoms with van der Waals surface area (Å²) in [6.45, 7) is 0. The molecule has 0 fully saturated rings. The first-order chi connectivity index (χ1) is 11.0. The number of anilines is 1. The van der Waals surface area contributed by atoms with Crippen molar-refractivity contribution in [3.8, 4) is 6.07 Å². The summed E-state index contributed by atoms with van der Waals surface area (Å²) < 4.78 is 0. The van der Waals surface area contributed by atoms with Gasteiger partial charge in [0, 0.05) is 22.2 Å². The van der Waals surface area contributed by atoms with E-state index in [0.29, 0.717) is 10.5 Å². The number of H-pyrrole nitrogens is 1. The van der Waals surface area contributed by atoms with E-state index in [1.54, 1.807) is 36.6 Å². The summed E-state index contributed by atoms with van der Waals surface area (Å²) in [5, 5.41) is 9.19. The molecule has 0 saturated carbocycles. The quantitative estimate of drug-likeness (QED) is 0.446. The van der Waals surface area contributed by atoms with E-state index in [2.05, 4.69) is 4.98 Å². The van der Waals surface area contributed by atoms with Gasteiger partial charge < -0.3 is 16.5 Å². The van der Waals surface area contributed by atoms with Crippen LogP contribution in [-0.4, -0.2) is 17.0 Å². The van der Waals surface area contributed by atoms with E-state index < -0.39 is 5.56 Å². The molecular weight excluding hydrogens is 312 g/mol. The van der Waals surface area contributed by atoms with Crippen LogP contribution in [0.5, 0.6) is 0 Å². The average Bonchev–Trinajstić information content (AvgIpc) is 2.54. The Morgan fingerprint density at radius 2 is 2.00 bits per heavy atom. The van der Waals surface area contributed by atoms with Crippen molar-refractivity contribution in [2.75, 3.05) is 12.0 Å². The fourth-order valence-electron chi connectivity index (χ4n) is 2.07. The molecule has 1 aromatic carbocycles. The number of aromatic amines is 1. The highest BCUT2D eigenvalue weighted by Crippen LogP contribution is 2.28. The maximum absolute atomic E-state index is 12.2. The molecule has 0 aliphatic heterocycles. The number of aromatic nitrogens is 1. The number of ketones is 1. The molecule has 0 saturated heterocycles. The van der Waals surface area contributed by atoms with Gasteiger partial charge in [0.05, 0.1) is 5.56 Å². The summed E-state index contributed by atoms with van der Waals surface area (Å²) in [5.41, 5.74) is 11.7. The molecule has 2 aromatic rings. The van der Waals surface area contributed by atoms with Gasteiger partial charge in [-0.3, -0.25) is 9.59 Å². The third-order valence-corrected chi connectivity index (χ3v) is 3.96. The van der Waals surface area contributed by atoms with Crippen molar-refractivity contribution in [3.63, 3.8) is 0 Å². The van der Waals surface area contributed by atoms with Gasteiger partial charge in [-0.1, -0.05) is 30.3 Å². The van der Waals surface area contributed by atoms with Gasteiger partial charge in [0.1, 0.15) is 17.5 Å². The normalized spacial score (nSPS) is 11.0. The second-order valence-corrected chi connectivity index (χ2v) is 5.41. The zero-order valence-corrected chi connectivity index (χ0v) is 13.1. The zero-order valence-electron chi connectivity index (χ0n) is 12.3. The fourth-order valence-corrected chi connectivity index (χ4v) is 2.85. The Balaban J connectivity index is 2.58. The zero-order chi connectivity index (χ0) is 17.0. The number of benzene rings is 1. The highest BCUT2D eigenvalue weighted by Gasteiger charge is 2.18. The predicted molar refractivity (Wildman–Crippen MR) is 90.9 cm³/mol. The van der Waals surface area contributed by atoms with Crippen LogP contribution in [0.25, 0.3) is 5.70 Å². The van der Waals surface area contributed by atoms with Gasteiger partial charge in [-0.15, -0.1) is 11.8 Å². The topological polar surface area (TPSA) is 126 Å². The van der Waals surface area contributed by atoms with Gasteiger partial charge in [0.15, 0.2) is 5.78 Å². The number of nitriles is 1. The van der Waals surface area contributed by atoms with Gasteiger partial charge in [-0.25, -0.2) is 0 Å². The number of carbonyl (C=O) groups excluding carboxylic acids is 1. The third-order valence-electron chi connectivity index (χ3n) is 3.15. The van der Waals surface area contributed by atoms with Gasteiger partial charge in [-0.05, 0) is 6.26 Å². The lowest BCUT2D eigenvalue weighted by Crippen LogP contribution is -2.20. The molecule has 0 bridgehead atoms. The van der Waals surface area contributed by atoms with E-state index in [1.165, 1.54) is 17.8 Å². The van der Waals surface area contributed by atoms with Crippen molar-refractivity contribution < 1.29 is 4.79 Å². The number of hydrogen-bond acceptors (Lipinski definition) is 6. The lowest BCUT2D eigenvalue weighted by Gasteiger charge is -2.10. The first-order valence-corrected chi connectivity index (χ1v) is 7.78. The number of rotatable bonds is 4. The summed E-state index contributed by atoms with van der Waals surface area (Å²) in [6.07, 6.45) is 2.88. The van der Waals surface area contributed by atoms with Gasteiger partial charge >= 0.3 is 0 Å². The molecule has 0 unspecified atom stereocenters. The first-order valence-electron chi connectivity index (χ1n) is 6.56. The van der Waals surface area contributed by atoms with Crippen LogP contribution in [0, 0.1) is 11.3 Å². The van der Waals surface area contributed by atoms with E-state index in [4.69, 9.17) is 11.5 Å². The summed E-state index contributed by atoms with van der Waals surface area (Å²) in [7, 11) is 0. The van der Waals surface area contributed by atoms with Crippen molar-refractivity contribution in [2.45, 2.75) is 4.90 Å². The van der Waals surface area contributed by atoms with Crippen LogP contribution in [0.1, 0.15) is 21.5 Å². The van der Waals surface area contributed by atoms with Gasteiger partial charge in [0.2, 0.25) is 0 Å². The molecule has 0 aliphatic carbocycles. The van der Waals surface area contributed by atoms with Crippen molar-refractivity contribution in [2.24, 2.45) is 5.73 Å². The minimum atomic E-state index is -0.541. The molecule has 6 nitrogen and oxygen atoms in total. The Morgan fingerprint density at radius 1 is 1.35 bits per heavy atom. The summed E-state index contributed by atoms with van der Waals surface area (Å²) in [6, 6.07) is 10.5. The van der Waals surface area contributed by atoms with Crippen molar-refractivity contribution in [1.29, 1.82) is 5.26 Å². The third kappa shape index (κ3) is 3.27. The molecule has 0 atom stereocenters. The number of thioether (sulfide) groups is 1.